The van der Waals surface area contributed by atoms with E-state index in [-0.39, 0.29) is 12.0 Å². The van der Waals surface area contributed by atoms with Crippen LogP contribution in [0.25, 0.3) is 0 Å². The van der Waals surface area contributed by atoms with Crippen molar-refractivity contribution in [2.24, 2.45) is 5.41 Å². The molecule has 1 saturated carbocycles. The van der Waals surface area contributed by atoms with Crippen LogP contribution in [0.4, 0.5) is 5.69 Å². The molecule has 102 valence electrons. The lowest BCUT2D eigenvalue weighted by molar-refractivity contribution is -0.114. The third-order valence-corrected chi connectivity index (χ3v) is 4.67. The molecule has 0 saturated heterocycles. The van der Waals surface area contributed by atoms with Gasteiger partial charge in [-0.05, 0) is 67.2 Å². The highest BCUT2D eigenvalue weighted by Crippen LogP contribution is 2.47. The van der Waals surface area contributed by atoms with Crippen LogP contribution in [-0.2, 0) is 17.6 Å². The third kappa shape index (κ3) is 2.52. The number of carbonyl (C=O) groups excluding carboxylic acids is 1. The Labute approximate surface area is 114 Å². The van der Waals surface area contributed by atoms with Gasteiger partial charge in [0.25, 0.3) is 0 Å². The molecule has 3 nitrogen and oxygen atoms in total. The molecule has 19 heavy (non-hydrogen) atoms. The fourth-order valence-electron chi connectivity index (χ4n) is 3.68. The van der Waals surface area contributed by atoms with Gasteiger partial charge in [-0.1, -0.05) is 6.07 Å². The second kappa shape index (κ2) is 4.64. The van der Waals surface area contributed by atoms with Crippen LogP contribution in [0.15, 0.2) is 18.2 Å². The van der Waals surface area contributed by atoms with Gasteiger partial charge in [0.2, 0.25) is 5.91 Å². The molecule has 0 heterocycles. The summed E-state index contributed by atoms with van der Waals surface area (Å²) in [6.07, 6.45) is 6.26. The highest BCUT2D eigenvalue weighted by Gasteiger charge is 2.39. The molecular weight excluding hydrogens is 238 g/mol. The van der Waals surface area contributed by atoms with Crippen LogP contribution < -0.4 is 5.32 Å². The van der Waals surface area contributed by atoms with E-state index in [1.807, 2.05) is 6.07 Å². The van der Waals surface area contributed by atoms with Crippen LogP contribution in [0.3, 0.4) is 0 Å². The van der Waals surface area contributed by atoms with Crippen molar-refractivity contribution >= 4 is 11.6 Å². The van der Waals surface area contributed by atoms with Crippen molar-refractivity contribution in [1.29, 1.82) is 0 Å². The highest BCUT2D eigenvalue weighted by molar-refractivity contribution is 5.88. The maximum atomic E-state index is 11.1. The Morgan fingerprint density at radius 2 is 1.95 bits per heavy atom. The minimum Gasteiger partial charge on any atom is -0.393 e. The molecule has 0 aromatic heterocycles. The smallest absolute Gasteiger partial charge is 0.221 e. The predicted molar refractivity (Wildman–Crippen MR) is 75.1 cm³/mol. The van der Waals surface area contributed by atoms with Crippen molar-refractivity contribution < 1.29 is 9.90 Å². The number of amides is 1. The van der Waals surface area contributed by atoms with E-state index in [0.29, 0.717) is 5.41 Å². The molecule has 2 N–H and O–H groups in total. The first-order valence-electron chi connectivity index (χ1n) is 7.14. The molecule has 0 bridgehead atoms. The van der Waals surface area contributed by atoms with Crippen molar-refractivity contribution in [1.82, 2.24) is 0 Å². The minimum atomic E-state index is -0.0933. The summed E-state index contributed by atoms with van der Waals surface area (Å²) in [5.41, 5.74) is 4.07. The standard InChI is InChI=1S/C16H21NO2/c1-11(18)17-14-3-2-12-9-16(10-13(12)8-14)6-4-15(19)5-7-16/h2-3,8,15,19H,4-7,9-10H2,1H3,(H,17,18). The van der Waals surface area contributed by atoms with Gasteiger partial charge in [-0.25, -0.2) is 0 Å². The van der Waals surface area contributed by atoms with E-state index in [2.05, 4.69) is 17.4 Å². The topological polar surface area (TPSA) is 49.3 Å². The van der Waals surface area contributed by atoms with Crippen molar-refractivity contribution in [3.05, 3.63) is 29.3 Å². The lowest BCUT2D eigenvalue weighted by Gasteiger charge is -2.35. The zero-order chi connectivity index (χ0) is 13.5. The van der Waals surface area contributed by atoms with Gasteiger partial charge in [-0.3, -0.25) is 4.79 Å². The molecule has 2 aliphatic carbocycles. The second-order valence-corrected chi connectivity index (χ2v) is 6.25. The summed E-state index contributed by atoms with van der Waals surface area (Å²) in [5, 5.41) is 12.5. The van der Waals surface area contributed by atoms with Gasteiger partial charge in [0.15, 0.2) is 0 Å². The molecule has 0 unspecified atom stereocenters. The van der Waals surface area contributed by atoms with E-state index in [4.69, 9.17) is 0 Å². The van der Waals surface area contributed by atoms with Gasteiger partial charge in [-0.2, -0.15) is 0 Å². The molecule has 1 aromatic rings. The molecule has 1 amide bonds. The first-order valence-corrected chi connectivity index (χ1v) is 7.14. The molecule has 1 aromatic carbocycles. The lowest BCUT2D eigenvalue weighted by atomic mass is 9.71. The van der Waals surface area contributed by atoms with Gasteiger partial charge in [-0.15, -0.1) is 0 Å². The van der Waals surface area contributed by atoms with Crippen LogP contribution in [0.2, 0.25) is 0 Å². The van der Waals surface area contributed by atoms with Crippen LogP contribution in [0, 0.1) is 5.41 Å². The number of aliphatic hydroxyl groups is 1. The molecule has 3 rings (SSSR count). The molecule has 3 heteroatoms. The van der Waals surface area contributed by atoms with E-state index in [1.54, 1.807) is 0 Å². The summed E-state index contributed by atoms with van der Waals surface area (Å²) in [4.78, 5) is 11.1. The SMILES string of the molecule is CC(=O)Nc1ccc2c(c1)CC1(CCC(O)CC1)C2. The Balaban J connectivity index is 1.78. The van der Waals surface area contributed by atoms with Crippen LogP contribution in [0.1, 0.15) is 43.7 Å². The van der Waals surface area contributed by atoms with Crippen LogP contribution in [0.5, 0.6) is 0 Å². The number of hydrogen-bond donors (Lipinski definition) is 2. The van der Waals surface area contributed by atoms with E-state index < -0.39 is 0 Å². The van der Waals surface area contributed by atoms with Crippen molar-refractivity contribution in [2.45, 2.75) is 51.6 Å². The van der Waals surface area contributed by atoms with E-state index >= 15 is 0 Å². The summed E-state index contributed by atoms with van der Waals surface area (Å²) in [7, 11) is 0. The van der Waals surface area contributed by atoms with E-state index in [1.165, 1.54) is 18.1 Å². The Hall–Kier alpha value is -1.35. The first-order chi connectivity index (χ1) is 9.06. The number of fused-ring (bicyclic) bond motifs is 1. The second-order valence-electron chi connectivity index (χ2n) is 6.25. The quantitative estimate of drug-likeness (QED) is 0.814. The lowest BCUT2D eigenvalue weighted by Crippen LogP contribution is -2.30. The normalized spacial score (nSPS) is 29.3. The largest absolute Gasteiger partial charge is 0.393 e. The molecule has 0 aliphatic heterocycles. The predicted octanol–water partition coefficient (Wildman–Crippen LogP) is 2.66. The van der Waals surface area contributed by atoms with E-state index in [9.17, 15) is 9.90 Å². The Morgan fingerprint density at radius 3 is 2.63 bits per heavy atom. The molecular formula is C16H21NO2. The number of aliphatic hydroxyl groups excluding tert-OH is 1. The molecule has 0 radical (unpaired) electrons. The van der Waals surface area contributed by atoms with Gasteiger partial charge in [0, 0.05) is 12.6 Å². The zero-order valence-corrected chi connectivity index (χ0v) is 11.4. The molecule has 2 aliphatic rings. The zero-order valence-electron chi connectivity index (χ0n) is 11.4. The Kier molecular flexibility index (Phi) is 3.09. The summed E-state index contributed by atoms with van der Waals surface area (Å²) in [5.74, 6) is -0.0200. The van der Waals surface area contributed by atoms with Crippen molar-refractivity contribution in [3.8, 4) is 0 Å². The summed E-state index contributed by atoms with van der Waals surface area (Å²) in [6, 6.07) is 6.27. The first kappa shape index (κ1) is 12.7. The van der Waals surface area contributed by atoms with Crippen molar-refractivity contribution in [2.75, 3.05) is 5.32 Å². The highest BCUT2D eigenvalue weighted by atomic mass is 16.3. The van der Waals surface area contributed by atoms with Crippen molar-refractivity contribution in [3.63, 3.8) is 0 Å². The van der Waals surface area contributed by atoms with Crippen LogP contribution >= 0.6 is 0 Å². The summed E-state index contributed by atoms with van der Waals surface area (Å²) in [6.45, 7) is 1.54. The average Bonchev–Trinajstić information content (AvgIpc) is 2.70. The maximum Gasteiger partial charge on any atom is 0.221 e. The third-order valence-electron chi connectivity index (χ3n) is 4.67. The summed E-state index contributed by atoms with van der Waals surface area (Å²) < 4.78 is 0. The fraction of sp³-hybridized carbons (Fsp3) is 0.562. The number of benzene rings is 1. The summed E-state index contributed by atoms with van der Waals surface area (Å²) >= 11 is 0. The fourth-order valence-corrected chi connectivity index (χ4v) is 3.68. The van der Waals surface area contributed by atoms with Gasteiger partial charge in [0.1, 0.15) is 0 Å². The Bertz CT molecular complexity index is 501. The van der Waals surface area contributed by atoms with Gasteiger partial charge >= 0.3 is 0 Å². The van der Waals surface area contributed by atoms with Crippen LogP contribution in [-0.4, -0.2) is 17.1 Å². The molecule has 0 atom stereocenters. The van der Waals surface area contributed by atoms with Gasteiger partial charge in [0.05, 0.1) is 6.10 Å². The number of anilines is 1. The number of rotatable bonds is 1. The maximum absolute atomic E-state index is 11.1. The number of carbonyl (C=O) groups is 1. The monoisotopic (exact) mass is 259 g/mol. The average molecular weight is 259 g/mol. The number of hydrogen-bond acceptors (Lipinski definition) is 2. The number of nitrogens with one attached hydrogen (secondary N) is 1. The molecule has 1 fully saturated rings. The minimum absolute atomic E-state index is 0.0200. The molecule has 1 spiro atoms. The Morgan fingerprint density at radius 1 is 1.26 bits per heavy atom. The van der Waals surface area contributed by atoms with E-state index in [0.717, 1.165) is 44.2 Å². The van der Waals surface area contributed by atoms with Gasteiger partial charge < -0.3 is 10.4 Å².